The largest absolute Gasteiger partial charge is 0.477 e. The average Bonchev–Trinajstić information content (AvgIpc) is 2.35. The number of hydrogen-bond acceptors (Lipinski definition) is 2. The zero-order valence-electron chi connectivity index (χ0n) is 9.66. The molecule has 3 nitrogen and oxygen atoms in total. The number of benzene rings is 2. The Morgan fingerprint density at radius 1 is 1.20 bits per heavy atom. The maximum Gasteiger partial charge on any atom is 0.342 e. The van der Waals surface area contributed by atoms with Gasteiger partial charge in [-0.2, -0.15) is 0 Å². The van der Waals surface area contributed by atoms with Gasteiger partial charge in [0.05, 0.1) is 9.50 Å². The third-order valence-corrected chi connectivity index (χ3v) is 3.29. The van der Waals surface area contributed by atoms with Crippen LogP contribution in [0.3, 0.4) is 0 Å². The van der Waals surface area contributed by atoms with Gasteiger partial charge < -0.3 is 9.84 Å². The smallest absolute Gasteiger partial charge is 0.342 e. The van der Waals surface area contributed by atoms with Gasteiger partial charge >= 0.3 is 5.97 Å². The lowest BCUT2D eigenvalue weighted by Gasteiger charge is -2.11. The average molecular weight is 364 g/mol. The van der Waals surface area contributed by atoms with Crippen LogP contribution in [0.2, 0.25) is 5.02 Å². The fourth-order valence-corrected chi connectivity index (χ4v) is 2.22. The minimum atomic E-state index is -1.48. The number of carboxylic acids is 1. The van der Waals surface area contributed by atoms with Crippen LogP contribution in [-0.4, -0.2) is 11.1 Å². The Balaban J connectivity index is 2.48. The lowest BCUT2D eigenvalue weighted by molar-refractivity contribution is 0.0689. The molecular weight excluding hydrogens is 357 g/mol. The molecule has 0 aliphatic heterocycles. The minimum absolute atomic E-state index is 0.0139. The molecule has 0 aliphatic carbocycles. The van der Waals surface area contributed by atoms with Crippen LogP contribution in [0.1, 0.15) is 10.4 Å². The molecule has 0 saturated carbocycles. The molecule has 1 N–H and O–H groups in total. The van der Waals surface area contributed by atoms with Crippen LogP contribution in [0, 0.1) is 11.6 Å². The topological polar surface area (TPSA) is 46.5 Å². The first kappa shape index (κ1) is 14.7. The van der Waals surface area contributed by atoms with Crippen molar-refractivity contribution in [1.29, 1.82) is 0 Å². The van der Waals surface area contributed by atoms with E-state index in [1.807, 2.05) is 0 Å². The molecular formula is C13H6BrClF2O3. The highest BCUT2D eigenvalue weighted by Gasteiger charge is 2.18. The van der Waals surface area contributed by atoms with Crippen LogP contribution in [0.15, 0.2) is 34.8 Å². The van der Waals surface area contributed by atoms with Crippen LogP contribution in [-0.2, 0) is 0 Å². The summed E-state index contributed by atoms with van der Waals surface area (Å²) in [5.74, 6) is -3.41. The first-order valence-corrected chi connectivity index (χ1v) is 6.41. The molecule has 7 heteroatoms. The number of ether oxygens (including phenoxy) is 1. The minimum Gasteiger partial charge on any atom is -0.477 e. The summed E-state index contributed by atoms with van der Waals surface area (Å²) in [5.41, 5.74) is -0.630. The molecule has 0 atom stereocenters. The van der Waals surface area contributed by atoms with E-state index in [9.17, 15) is 13.6 Å². The number of halogens is 4. The van der Waals surface area contributed by atoms with Crippen molar-refractivity contribution >= 4 is 33.5 Å². The first-order valence-electron chi connectivity index (χ1n) is 5.24. The van der Waals surface area contributed by atoms with Crippen molar-refractivity contribution in [2.75, 3.05) is 0 Å². The van der Waals surface area contributed by atoms with E-state index in [1.54, 1.807) is 0 Å². The summed E-state index contributed by atoms with van der Waals surface area (Å²) in [6.07, 6.45) is 0. The van der Waals surface area contributed by atoms with Crippen LogP contribution in [0.4, 0.5) is 8.78 Å². The molecule has 0 radical (unpaired) electrons. The molecule has 0 amide bonds. The van der Waals surface area contributed by atoms with Gasteiger partial charge in [0, 0.05) is 6.07 Å². The molecule has 0 fully saturated rings. The standard InChI is InChI=1S/C13H6BrClF2O3/c14-6-4-7(15)9(17)5-11(6)20-10-3-1-2-8(16)12(10)13(18)19/h1-5H,(H,18,19). The van der Waals surface area contributed by atoms with Crippen LogP contribution in [0.5, 0.6) is 11.5 Å². The molecule has 20 heavy (non-hydrogen) atoms. The van der Waals surface area contributed by atoms with E-state index in [0.29, 0.717) is 4.47 Å². The van der Waals surface area contributed by atoms with Crippen LogP contribution < -0.4 is 4.74 Å². The van der Waals surface area contributed by atoms with Crippen molar-refractivity contribution in [2.45, 2.75) is 0 Å². The van der Waals surface area contributed by atoms with Gasteiger partial charge in [-0.3, -0.25) is 0 Å². The van der Waals surface area contributed by atoms with Gasteiger partial charge in [-0.1, -0.05) is 17.7 Å². The number of hydrogen-bond donors (Lipinski definition) is 1. The molecule has 0 saturated heterocycles. The van der Waals surface area contributed by atoms with Crippen LogP contribution >= 0.6 is 27.5 Å². The van der Waals surface area contributed by atoms with E-state index in [0.717, 1.165) is 12.1 Å². The molecule has 0 spiro atoms. The SMILES string of the molecule is O=C(O)c1c(F)cccc1Oc1cc(F)c(Cl)cc1Br. The Morgan fingerprint density at radius 2 is 1.90 bits per heavy atom. The fraction of sp³-hybridized carbons (Fsp3) is 0. The summed E-state index contributed by atoms with van der Waals surface area (Å²) in [6.45, 7) is 0. The molecule has 2 aromatic rings. The van der Waals surface area contributed by atoms with Gasteiger partial charge in [0.1, 0.15) is 28.7 Å². The second kappa shape index (κ2) is 5.76. The maximum atomic E-state index is 13.5. The highest BCUT2D eigenvalue weighted by molar-refractivity contribution is 9.10. The van der Waals surface area contributed by atoms with E-state index in [-0.39, 0.29) is 16.5 Å². The predicted molar refractivity (Wildman–Crippen MR) is 72.5 cm³/mol. The number of aromatic carboxylic acids is 1. The summed E-state index contributed by atoms with van der Waals surface area (Å²) in [6, 6.07) is 5.78. The molecule has 2 rings (SSSR count). The lowest BCUT2D eigenvalue weighted by atomic mass is 10.2. The van der Waals surface area contributed by atoms with Gasteiger partial charge in [0.25, 0.3) is 0 Å². The molecule has 0 heterocycles. The normalized spacial score (nSPS) is 10.4. The van der Waals surface area contributed by atoms with Crippen molar-refractivity contribution < 1.29 is 23.4 Å². The van der Waals surface area contributed by atoms with E-state index in [4.69, 9.17) is 21.4 Å². The summed E-state index contributed by atoms with van der Waals surface area (Å²) < 4.78 is 32.4. The third kappa shape index (κ3) is 2.91. The number of carbonyl (C=O) groups is 1. The monoisotopic (exact) mass is 362 g/mol. The van der Waals surface area contributed by atoms with E-state index in [1.165, 1.54) is 18.2 Å². The quantitative estimate of drug-likeness (QED) is 0.791. The highest BCUT2D eigenvalue weighted by Crippen LogP contribution is 2.35. The summed E-state index contributed by atoms with van der Waals surface area (Å²) in [7, 11) is 0. The van der Waals surface area contributed by atoms with Gasteiger partial charge in [0.2, 0.25) is 0 Å². The van der Waals surface area contributed by atoms with Gasteiger partial charge in [0.15, 0.2) is 0 Å². The molecule has 2 aromatic carbocycles. The highest BCUT2D eigenvalue weighted by atomic mass is 79.9. The number of carboxylic acid groups (broad SMARTS) is 1. The third-order valence-electron chi connectivity index (χ3n) is 2.38. The van der Waals surface area contributed by atoms with Crippen molar-refractivity contribution in [3.8, 4) is 11.5 Å². The maximum absolute atomic E-state index is 13.5. The lowest BCUT2D eigenvalue weighted by Crippen LogP contribution is -2.03. The Hall–Kier alpha value is -1.66. The Morgan fingerprint density at radius 3 is 2.55 bits per heavy atom. The van der Waals surface area contributed by atoms with Crippen molar-refractivity contribution in [3.05, 3.63) is 57.0 Å². The van der Waals surface area contributed by atoms with Crippen molar-refractivity contribution in [2.24, 2.45) is 0 Å². The van der Waals surface area contributed by atoms with Gasteiger partial charge in [-0.15, -0.1) is 0 Å². The molecule has 0 aliphatic rings. The second-order valence-electron chi connectivity index (χ2n) is 3.72. The molecule has 104 valence electrons. The van der Waals surface area contributed by atoms with Crippen LogP contribution in [0.25, 0.3) is 0 Å². The molecule has 0 unspecified atom stereocenters. The Labute approximate surface area is 125 Å². The fourth-order valence-electron chi connectivity index (χ4n) is 1.50. The Kier molecular flexibility index (Phi) is 4.25. The second-order valence-corrected chi connectivity index (χ2v) is 4.98. The van der Waals surface area contributed by atoms with Gasteiger partial charge in [-0.05, 0) is 34.1 Å². The zero-order valence-corrected chi connectivity index (χ0v) is 12.0. The number of rotatable bonds is 3. The molecule has 0 aromatic heterocycles. The van der Waals surface area contributed by atoms with E-state index >= 15 is 0 Å². The van der Waals surface area contributed by atoms with Crippen molar-refractivity contribution in [3.63, 3.8) is 0 Å². The first-order chi connectivity index (χ1) is 9.40. The van der Waals surface area contributed by atoms with E-state index < -0.39 is 23.2 Å². The van der Waals surface area contributed by atoms with Gasteiger partial charge in [-0.25, -0.2) is 13.6 Å². The Bertz CT molecular complexity index is 692. The molecule has 0 bridgehead atoms. The summed E-state index contributed by atoms with van der Waals surface area (Å²) >= 11 is 8.68. The predicted octanol–water partition coefficient (Wildman–Crippen LogP) is 4.87. The van der Waals surface area contributed by atoms with E-state index in [2.05, 4.69) is 15.9 Å². The summed E-state index contributed by atoms with van der Waals surface area (Å²) in [5, 5.41) is 8.84. The van der Waals surface area contributed by atoms with Crippen molar-refractivity contribution in [1.82, 2.24) is 0 Å². The zero-order chi connectivity index (χ0) is 14.9. The summed E-state index contributed by atoms with van der Waals surface area (Å²) in [4.78, 5) is 11.0.